The Morgan fingerprint density at radius 3 is 2.86 bits per heavy atom. The van der Waals surface area contributed by atoms with E-state index >= 15 is 0 Å². The Morgan fingerprint density at radius 2 is 2.21 bits per heavy atom. The summed E-state index contributed by atoms with van der Waals surface area (Å²) in [4.78, 5) is 10.1. The lowest BCUT2D eigenvalue weighted by molar-refractivity contribution is -0.380. The van der Waals surface area contributed by atoms with Gasteiger partial charge in [0.25, 0.3) is 0 Å². The number of benzene rings is 1. The molecule has 1 aromatic heterocycles. The van der Waals surface area contributed by atoms with Crippen LogP contribution in [0.2, 0.25) is 0 Å². The molecule has 0 unspecified atom stereocenters. The fraction of sp³-hybridized carbons (Fsp3) is 0. The van der Waals surface area contributed by atoms with Gasteiger partial charge in [-0.2, -0.15) is 0 Å². The number of fused-ring (bicyclic) bond motifs is 1. The molecule has 4 nitrogen and oxygen atoms in total. The Hall–Kier alpha value is -0.890. The van der Waals surface area contributed by atoms with Crippen LogP contribution in [0.5, 0.6) is 5.75 Å². The van der Waals surface area contributed by atoms with Crippen LogP contribution in [0.4, 0.5) is 5.00 Å². The molecule has 0 radical (unpaired) electrons. The Kier molecular flexibility index (Phi) is 2.31. The molecule has 0 saturated carbocycles. The van der Waals surface area contributed by atoms with Gasteiger partial charge < -0.3 is 5.11 Å². The number of hydrogen-bond donors (Lipinski definition) is 1. The van der Waals surface area contributed by atoms with Crippen LogP contribution in [0, 0.1) is 13.7 Å². The SMILES string of the molecule is O=[N+]([O-])c1cc2c(O)c(I)ccc2s1. The van der Waals surface area contributed by atoms with Gasteiger partial charge in [0.1, 0.15) is 5.75 Å². The molecule has 0 aliphatic carbocycles. The van der Waals surface area contributed by atoms with Crippen molar-refractivity contribution in [3.8, 4) is 5.75 Å². The highest BCUT2D eigenvalue weighted by atomic mass is 127. The van der Waals surface area contributed by atoms with Crippen molar-refractivity contribution in [1.29, 1.82) is 0 Å². The average molecular weight is 321 g/mol. The topological polar surface area (TPSA) is 63.4 Å². The summed E-state index contributed by atoms with van der Waals surface area (Å²) in [6, 6.07) is 4.91. The third-order valence-electron chi connectivity index (χ3n) is 1.79. The van der Waals surface area contributed by atoms with E-state index in [-0.39, 0.29) is 10.8 Å². The number of phenolic OH excluding ortho intramolecular Hbond substituents is 1. The normalized spacial score (nSPS) is 10.6. The summed E-state index contributed by atoms with van der Waals surface area (Å²) in [5.41, 5.74) is 0. The van der Waals surface area contributed by atoms with Crippen LogP contribution in [-0.2, 0) is 0 Å². The van der Waals surface area contributed by atoms with E-state index in [1.807, 2.05) is 22.6 Å². The van der Waals surface area contributed by atoms with E-state index in [1.165, 1.54) is 6.07 Å². The molecule has 6 heteroatoms. The van der Waals surface area contributed by atoms with Crippen molar-refractivity contribution < 1.29 is 10.0 Å². The van der Waals surface area contributed by atoms with E-state index in [2.05, 4.69) is 0 Å². The maximum atomic E-state index is 10.5. The molecule has 0 fully saturated rings. The Bertz CT molecular complexity index is 523. The number of nitro groups is 1. The molecule has 14 heavy (non-hydrogen) atoms. The van der Waals surface area contributed by atoms with Crippen LogP contribution >= 0.6 is 33.9 Å². The molecule has 0 aliphatic heterocycles. The molecular formula is C8H4INO3S. The lowest BCUT2D eigenvalue weighted by Crippen LogP contribution is -1.80. The molecule has 0 spiro atoms. The van der Waals surface area contributed by atoms with Gasteiger partial charge in [-0.3, -0.25) is 10.1 Å². The first-order valence-electron chi connectivity index (χ1n) is 3.65. The minimum Gasteiger partial charge on any atom is -0.506 e. The summed E-state index contributed by atoms with van der Waals surface area (Å²) >= 11 is 3.05. The highest BCUT2D eigenvalue weighted by Crippen LogP contribution is 2.38. The lowest BCUT2D eigenvalue weighted by Gasteiger charge is -1.95. The molecule has 2 aromatic rings. The number of rotatable bonds is 1. The van der Waals surface area contributed by atoms with Gasteiger partial charge in [0.05, 0.1) is 8.49 Å². The molecule has 2 rings (SSSR count). The standard InChI is InChI=1S/C8H4INO3S/c9-5-1-2-6-4(8(5)11)3-7(14-6)10(12)13/h1-3,11H. The molecule has 0 bridgehead atoms. The van der Waals surface area contributed by atoms with Crippen LogP contribution in [0.25, 0.3) is 10.1 Å². The fourth-order valence-electron chi connectivity index (χ4n) is 1.15. The molecular weight excluding hydrogens is 317 g/mol. The van der Waals surface area contributed by atoms with E-state index in [1.54, 1.807) is 12.1 Å². The number of hydrogen-bond acceptors (Lipinski definition) is 4. The van der Waals surface area contributed by atoms with E-state index in [4.69, 9.17) is 0 Å². The van der Waals surface area contributed by atoms with Crippen molar-refractivity contribution in [3.63, 3.8) is 0 Å². The van der Waals surface area contributed by atoms with Crippen molar-refractivity contribution in [3.05, 3.63) is 31.9 Å². The maximum absolute atomic E-state index is 10.5. The summed E-state index contributed by atoms with van der Waals surface area (Å²) in [6.07, 6.45) is 0. The molecule has 1 aromatic carbocycles. The third-order valence-corrected chi connectivity index (χ3v) is 3.71. The summed E-state index contributed by atoms with van der Waals surface area (Å²) < 4.78 is 1.43. The first kappa shape index (κ1) is 9.66. The first-order chi connectivity index (χ1) is 6.59. The summed E-state index contributed by atoms with van der Waals surface area (Å²) in [7, 11) is 0. The van der Waals surface area contributed by atoms with Gasteiger partial charge in [-0.1, -0.05) is 11.3 Å². The Morgan fingerprint density at radius 1 is 1.50 bits per heavy atom. The second-order valence-corrected chi connectivity index (χ2v) is 4.87. The predicted molar refractivity (Wildman–Crippen MR) is 62.9 cm³/mol. The van der Waals surface area contributed by atoms with E-state index in [0.29, 0.717) is 8.96 Å². The van der Waals surface area contributed by atoms with Crippen LogP contribution in [0.1, 0.15) is 0 Å². The Balaban J connectivity index is 2.77. The zero-order chi connectivity index (χ0) is 10.3. The van der Waals surface area contributed by atoms with Crippen LogP contribution in [0.15, 0.2) is 18.2 Å². The van der Waals surface area contributed by atoms with Gasteiger partial charge in [0, 0.05) is 16.2 Å². The first-order valence-corrected chi connectivity index (χ1v) is 5.54. The summed E-state index contributed by atoms with van der Waals surface area (Å²) in [5.74, 6) is 0.118. The van der Waals surface area contributed by atoms with Gasteiger partial charge in [0.2, 0.25) is 0 Å². The quantitative estimate of drug-likeness (QED) is 0.499. The minimum absolute atomic E-state index is 0.0531. The monoisotopic (exact) mass is 321 g/mol. The summed E-state index contributed by atoms with van der Waals surface area (Å²) in [5, 5.41) is 20.7. The maximum Gasteiger partial charge on any atom is 0.325 e. The van der Waals surface area contributed by atoms with Crippen LogP contribution in [-0.4, -0.2) is 10.0 Å². The van der Waals surface area contributed by atoms with Gasteiger partial charge in [-0.25, -0.2) is 0 Å². The van der Waals surface area contributed by atoms with Crippen molar-refractivity contribution in [2.45, 2.75) is 0 Å². The van der Waals surface area contributed by atoms with Crippen molar-refractivity contribution in [2.75, 3.05) is 0 Å². The highest BCUT2D eigenvalue weighted by Gasteiger charge is 2.14. The molecule has 1 N–H and O–H groups in total. The lowest BCUT2D eigenvalue weighted by atomic mass is 10.2. The highest BCUT2D eigenvalue weighted by molar-refractivity contribution is 14.1. The Labute approximate surface area is 96.5 Å². The van der Waals surface area contributed by atoms with Crippen LogP contribution < -0.4 is 0 Å². The molecule has 0 amide bonds. The number of aromatic hydroxyl groups is 1. The van der Waals surface area contributed by atoms with Gasteiger partial charge in [-0.05, 0) is 34.7 Å². The van der Waals surface area contributed by atoms with Gasteiger partial charge in [-0.15, -0.1) is 0 Å². The predicted octanol–water partition coefficient (Wildman–Crippen LogP) is 3.12. The number of phenols is 1. The van der Waals surface area contributed by atoms with Crippen LogP contribution in [0.3, 0.4) is 0 Å². The summed E-state index contributed by atoms with van der Waals surface area (Å²) in [6.45, 7) is 0. The molecule has 0 atom stereocenters. The largest absolute Gasteiger partial charge is 0.506 e. The number of thiophene rings is 1. The number of halogens is 1. The van der Waals surface area contributed by atoms with Gasteiger partial charge >= 0.3 is 5.00 Å². The molecule has 0 saturated heterocycles. The third kappa shape index (κ3) is 1.44. The smallest absolute Gasteiger partial charge is 0.325 e. The minimum atomic E-state index is -0.447. The fourth-order valence-corrected chi connectivity index (χ4v) is 2.50. The average Bonchev–Trinajstić information content (AvgIpc) is 2.56. The van der Waals surface area contributed by atoms with Crippen molar-refractivity contribution in [2.24, 2.45) is 0 Å². The van der Waals surface area contributed by atoms with Crippen molar-refractivity contribution in [1.82, 2.24) is 0 Å². The number of nitrogens with zero attached hydrogens (tertiary/aromatic N) is 1. The molecule has 72 valence electrons. The molecule has 0 aliphatic rings. The second kappa shape index (κ2) is 3.35. The second-order valence-electron chi connectivity index (χ2n) is 2.65. The van der Waals surface area contributed by atoms with Crippen molar-refractivity contribution >= 4 is 49.0 Å². The van der Waals surface area contributed by atoms with Gasteiger partial charge in [0.15, 0.2) is 0 Å². The zero-order valence-corrected chi connectivity index (χ0v) is 9.70. The molecule has 1 heterocycles. The van der Waals surface area contributed by atoms with E-state index in [0.717, 1.165) is 16.0 Å². The van der Waals surface area contributed by atoms with E-state index < -0.39 is 4.92 Å². The van der Waals surface area contributed by atoms with E-state index in [9.17, 15) is 15.2 Å². The zero-order valence-electron chi connectivity index (χ0n) is 6.73.